The quantitative estimate of drug-likeness (QED) is 0.478. The standard InChI is InChI=1S/C22H19ClN2O3S.C2H4O2/c1-22(10-11-22)16-2-5-18(6-3-16)29(27,28)25-20-7-4-17(23)14-19(20)21(26)15-8-12-24-13-9-15;1-2(3)4/h2-9,12-14,25H,10-11H2,1H3;1H3,(H,3,4). The fraction of sp³-hybridized carbons (Fsp3) is 0.208. The molecule has 0 spiro atoms. The van der Waals surface area contributed by atoms with Gasteiger partial charge in [0.25, 0.3) is 16.0 Å². The molecular weight excluding hydrogens is 464 g/mol. The number of carbonyl (C=O) groups is 2. The lowest BCUT2D eigenvalue weighted by Gasteiger charge is -2.14. The molecule has 3 aromatic rings. The maximum absolute atomic E-state index is 12.9. The lowest BCUT2D eigenvalue weighted by atomic mass is 9.99. The molecule has 1 aliphatic carbocycles. The Balaban J connectivity index is 0.000000709. The van der Waals surface area contributed by atoms with E-state index in [0.29, 0.717) is 10.6 Å². The van der Waals surface area contributed by atoms with Crippen LogP contribution < -0.4 is 4.72 Å². The van der Waals surface area contributed by atoms with Crippen LogP contribution >= 0.6 is 11.6 Å². The van der Waals surface area contributed by atoms with Gasteiger partial charge in [-0.15, -0.1) is 0 Å². The van der Waals surface area contributed by atoms with Gasteiger partial charge in [0.2, 0.25) is 0 Å². The number of pyridine rings is 1. The van der Waals surface area contributed by atoms with E-state index in [1.165, 1.54) is 24.5 Å². The average Bonchev–Trinajstić information content (AvgIpc) is 3.53. The lowest BCUT2D eigenvalue weighted by molar-refractivity contribution is -0.134. The summed E-state index contributed by atoms with van der Waals surface area (Å²) in [6.45, 7) is 3.25. The highest BCUT2D eigenvalue weighted by molar-refractivity contribution is 7.92. The van der Waals surface area contributed by atoms with Crippen molar-refractivity contribution in [2.45, 2.75) is 37.0 Å². The van der Waals surface area contributed by atoms with Gasteiger partial charge in [-0.3, -0.25) is 19.3 Å². The van der Waals surface area contributed by atoms with Crippen LogP contribution in [0.2, 0.25) is 5.02 Å². The molecule has 0 unspecified atom stereocenters. The van der Waals surface area contributed by atoms with Crippen molar-refractivity contribution in [2.24, 2.45) is 0 Å². The first-order valence-corrected chi connectivity index (χ1v) is 12.0. The zero-order chi connectivity index (χ0) is 24.2. The zero-order valence-electron chi connectivity index (χ0n) is 18.1. The number of aliphatic carboxylic acids is 1. The second kappa shape index (κ2) is 9.72. The van der Waals surface area contributed by atoms with Crippen LogP contribution in [-0.4, -0.2) is 30.3 Å². The Bertz CT molecular complexity index is 1270. The summed E-state index contributed by atoms with van der Waals surface area (Å²) in [4.78, 5) is 25.9. The largest absolute Gasteiger partial charge is 0.481 e. The first-order valence-electron chi connectivity index (χ1n) is 10.1. The maximum Gasteiger partial charge on any atom is 0.300 e. The van der Waals surface area contributed by atoms with Gasteiger partial charge in [0, 0.05) is 35.5 Å². The molecule has 1 aromatic heterocycles. The van der Waals surface area contributed by atoms with E-state index >= 15 is 0 Å². The Morgan fingerprint density at radius 1 is 1.03 bits per heavy atom. The minimum absolute atomic E-state index is 0.141. The second-order valence-corrected chi connectivity index (χ2v) is 10.1. The second-order valence-electron chi connectivity index (χ2n) is 7.96. The molecule has 1 fully saturated rings. The van der Waals surface area contributed by atoms with Crippen LogP contribution in [0.3, 0.4) is 0 Å². The Kier molecular flexibility index (Phi) is 7.19. The van der Waals surface area contributed by atoms with Crippen molar-refractivity contribution in [3.8, 4) is 0 Å². The van der Waals surface area contributed by atoms with Gasteiger partial charge in [0.15, 0.2) is 5.78 Å². The summed E-state index contributed by atoms with van der Waals surface area (Å²) in [5.74, 6) is -1.18. The molecule has 33 heavy (non-hydrogen) atoms. The summed E-state index contributed by atoms with van der Waals surface area (Å²) in [5.41, 5.74) is 2.04. The van der Waals surface area contributed by atoms with E-state index in [0.717, 1.165) is 25.3 Å². The van der Waals surface area contributed by atoms with Gasteiger partial charge in [-0.1, -0.05) is 30.7 Å². The van der Waals surface area contributed by atoms with Gasteiger partial charge >= 0.3 is 0 Å². The van der Waals surface area contributed by atoms with E-state index < -0.39 is 16.0 Å². The highest BCUT2D eigenvalue weighted by atomic mass is 35.5. The molecule has 1 heterocycles. The van der Waals surface area contributed by atoms with Crippen LogP contribution in [0, 0.1) is 0 Å². The van der Waals surface area contributed by atoms with Crippen LogP contribution in [0.5, 0.6) is 0 Å². The van der Waals surface area contributed by atoms with Gasteiger partial charge < -0.3 is 5.11 Å². The molecule has 172 valence electrons. The van der Waals surface area contributed by atoms with Gasteiger partial charge in [-0.05, 0) is 66.3 Å². The third kappa shape index (κ3) is 6.18. The first kappa shape index (κ1) is 24.4. The van der Waals surface area contributed by atoms with Gasteiger partial charge in [0.05, 0.1) is 10.6 Å². The molecule has 0 radical (unpaired) electrons. The number of halogens is 1. The fourth-order valence-corrected chi connectivity index (χ4v) is 4.42. The summed E-state index contributed by atoms with van der Waals surface area (Å²) < 4.78 is 28.4. The molecule has 9 heteroatoms. The van der Waals surface area contributed by atoms with Crippen molar-refractivity contribution < 1.29 is 23.1 Å². The number of anilines is 1. The Morgan fingerprint density at radius 3 is 2.15 bits per heavy atom. The topological polar surface area (TPSA) is 113 Å². The molecule has 2 N–H and O–H groups in total. The van der Waals surface area contributed by atoms with E-state index in [1.807, 2.05) is 12.1 Å². The average molecular weight is 487 g/mol. The van der Waals surface area contributed by atoms with Crippen molar-refractivity contribution in [1.82, 2.24) is 4.98 Å². The number of nitrogens with one attached hydrogen (secondary N) is 1. The molecule has 0 amide bonds. The molecule has 1 aliphatic rings. The predicted molar refractivity (Wildman–Crippen MR) is 126 cm³/mol. The number of benzene rings is 2. The number of rotatable bonds is 6. The van der Waals surface area contributed by atoms with E-state index in [2.05, 4.69) is 16.6 Å². The number of carbonyl (C=O) groups excluding carboxylic acids is 1. The van der Waals surface area contributed by atoms with Gasteiger partial charge in [-0.2, -0.15) is 0 Å². The molecule has 0 atom stereocenters. The number of carboxylic acid groups (broad SMARTS) is 1. The highest BCUT2D eigenvalue weighted by Gasteiger charge is 2.38. The van der Waals surface area contributed by atoms with E-state index in [4.69, 9.17) is 21.5 Å². The number of carboxylic acids is 1. The maximum atomic E-state index is 12.9. The van der Waals surface area contributed by atoms with Crippen LogP contribution in [0.15, 0.2) is 71.9 Å². The summed E-state index contributed by atoms with van der Waals surface area (Å²) >= 11 is 6.06. The summed E-state index contributed by atoms with van der Waals surface area (Å²) in [5, 5.41) is 7.76. The number of hydrogen-bond acceptors (Lipinski definition) is 5. The Morgan fingerprint density at radius 2 is 1.61 bits per heavy atom. The molecule has 1 saturated carbocycles. The molecule has 4 rings (SSSR count). The Hall–Kier alpha value is -3.23. The van der Waals surface area contributed by atoms with Crippen LogP contribution in [-0.2, 0) is 20.2 Å². The normalized spacial score (nSPS) is 13.9. The van der Waals surface area contributed by atoms with E-state index in [-0.39, 0.29) is 27.3 Å². The number of hydrogen-bond donors (Lipinski definition) is 2. The number of nitrogens with zero attached hydrogens (tertiary/aromatic N) is 1. The van der Waals surface area contributed by atoms with E-state index in [9.17, 15) is 13.2 Å². The van der Waals surface area contributed by atoms with Crippen LogP contribution in [0.1, 0.15) is 48.2 Å². The van der Waals surface area contributed by atoms with Crippen LogP contribution in [0.25, 0.3) is 0 Å². The Labute approximate surface area is 197 Å². The van der Waals surface area contributed by atoms with Crippen molar-refractivity contribution in [2.75, 3.05) is 4.72 Å². The summed E-state index contributed by atoms with van der Waals surface area (Å²) in [6, 6.07) is 14.5. The molecule has 7 nitrogen and oxygen atoms in total. The minimum atomic E-state index is -3.86. The summed E-state index contributed by atoms with van der Waals surface area (Å²) in [6.07, 6.45) is 5.23. The number of ketones is 1. The zero-order valence-corrected chi connectivity index (χ0v) is 19.7. The third-order valence-electron chi connectivity index (χ3n) is 5.27. The number of sulfonamides is 1. The van der Waals surface area contributed by atoms with Crippen molar-refractivity contribution in [1.29, 1.82) is 0 Å². The molecule has 2 aromatic carbocycles. The van der Waals surface area contributed by atoms with E-state index in [1.54, 1.807) is 30.3 Å². The third-order valence-corrected chi connectivity index (χ3v) is 6.89. The fourth-order valence-electron chi connectivity index (χ4n) is 3.17. The highest BCUT2D eigenvalue weighted by Crippen LogP contribution is 2.47. The first-order chi connectivity index (χ1) is 15.5. The molecule has 0 saturated heterocycles. The van der Waals surface area contributed by atoms with Crippen molar-refractivity contribution in [3.63, 3.8) is 0 Å². The minimum Gasteiger partial charge on any atom is -0.481 e. The SMILES string of the molecule is CC(=O)O.CC1(c2ccc(S(=O)(=O)Nc3ccc(Cl)cc3C(=O)c3ccncc3)cc2)CC1. The van der Waals surface area contributed by atoms with Crippen molar-refractivity contribution >= 4 is 39.1 Å². The predicted octanol–water partition coefficient (Wildman–Crippen LogP) is 4.91. The molecule has 0 bridgehead atoms. The molecule has 0 aliphatic heterocycles. The van der Waals surface area contributed by atoms with Crippen molar-refractivity contribution in [3.05, 3.63) is 88.7 Å². The van der Waals surface area contributed by atoms with Crippen LogP contribution in [0.4, 0.5) is 5.69 Å². The monoisotopic (exact) mass is 486 g/mol. The van der Waals surface area contributed by atoms with Gasteiger partial charge in [0.1, 0.15) is 0 Å². The van der Waals surface area contributed by atoms with Gasteiger partial charge in [-0.25, -0.2) is 8.42 Å². The number of aromatic nitrogens is 1. The summed E-state index contributed by atoms with van der Waals surface area (Å²) in [7, 11) is -3.86. The lowest BCUT2D eigenvalue weighted by Crippen LogP contribution is -2.16. The molecular formula is C24H23ClN2O5S. The smallest absolute Gasteiger partial charge is 0.300 e.